The number of aromatic nitrogens is 1. The van der Waals surface area contributed by atoms with E-state index >= 15 is 0 Å². The van der Waals surface area contributed by atoms with E-state index in [1.807, 2.05) is 5.38 Å². The van der Waals surface area contributed by atoms with Gasteiger partial charge in [0, 0.05) is 6.07 Å². The molecule has 2 rings (SSSR count). The van der Waals surface area contributed by atoms with Crippen LogP contribution in [0.5, 0.6) is 0 Å². The lowest BCUT2D eigenvalue weighted by Crippen LogP contribution is -1.95. The summed E-state index contributed by atoms with van der Waals surface area (Å²) >= 11 is 1.38. The molecule has 2 heterocycles. The lowest BCUT2D eigenvalue weighted by atomic mass is 10.4. The van der Waals surface area contributed by atoms with Crippen LogP contribution in [0.15, 0.2) is 32.3 Å². The Hall–Kier alpha value is -1.47. The van der Waals surface area contributed by atoms with Crippen molar-refractivity contribution in [1.82, 2.24) is 5.16 Å². The molecular formula is C9H7NO4S2. The minimum Gasteiger partial charge on any atom is -0.476 e. The van der Waals surface area contributed by atoms with Gasteiger partial charge in [0.25, 0.3) is 0 Å². The second kappa shape index (κ2) is 4.58. The van der Waals surface area contributed by atoms with Crippen molar-refractivity contribution in [2.75, 3.05) is 0 Å². The number of aromatic carboxylic acids is 1. The zero-order chi connectivity index (χ0) is 11.5. The van der Waals surface area contributed by atoms with Gasteiger partial charge in [0.2, 0.25) is 0 Å². The highest BCUT2D eigenvalue weighted by molar-refractivity contribution is 7.86. The average molecular weight is 257 g/mol. The van der Waals surface area contributed by atoms with E-state index in [2.05, 4.69) is 5.16 Å². The molecule has 0 fully saturated rings. The van der Waals surface area contributed by atoms with Crippen molar-refractivity contribution in [1.29, 1.82) is 0 Å². The molecular weight excluding hydrogens is 250 g/mol. The highest BCUT2D eigenvalue weighted by Crippen LogP contribution is 2.17. The van der Waals surface area contributed by atoms with Gasteiger partial charge in [-0.2, -0.15) is 0 Å². The molecule has 0 aliphatic carbocycles. The summed E-state index contributed by atoms with van der Waals surface area (Å²) in [6, 6.07) is 4.85. The molecule has 0 aromatic carbocycles. The summed E-state index contributed by atoms with van der Waals surface area (Å²) < 4.78 is 17.2. The van der Waals surface area contributed by atoms with Gasteiger partial charge in [-0.3, -0.25) is 4.21 Å². The van der Waals surface area contributed by atoms with E-state index in [0.29, 0.717) is 5.76 Å². The predicted molar refractivity (Wildman–Crippen MR) is 57.9 cm³/mol. The van der Waals surface area contributed by atoms with E-state index in [9.17, 15) is 9.00 Å². The lowest BCUT2D eigenvalue weighted by molar-refractivity contribution is 0.0685. The Balaban J connectivity index is 2.09. The molecule has 0 amide bonds. The predicted octanol–water partition coefficient (Wildman–Crippen LogP) is 1.74. The van der Waals surface area contributed by atoms with Gasteiger partial charge in [-0.15, -0.1) is 11.3 Å². The lowest BCUT2D eigenvalue weighted by Gasteiger charge is -1.93. The van der Waals surface area contributed by atoms with Crippen molar-refractivity contribution in [2.24, 2.45) is 0 Å². The number of rotatable bonds is 4. The van der Waals surface area contributed by atoms with Gasteiger partial charge < -0.3 is 9.63 Å². The van der Waals surface area contributed by atoms with E-state index in [1.165, 1.54) is 17.4 Å². The molecule has 0 saturated carbocycles. The Morgan fingerprint density at radius 2 is 2.44 bits per heavy atom. The molecule has 0 radical (unpaired) electrons. The minimum absolute atomic E-state index is 0.140. The summed E-state index contributed by atoms with van der Waals surface area (Å²) in [5.74, 6) is -0.707. The number of nitrogens with zero attached hydrogens (tertiary/aromatic N) is 1. The van der Waals surface area contributed by atoms with Crippen molar-refractivity contribution < 1.29 is 18.6 Å². The maximum Gasteiger partial charge on any atom is 0.358 e. The fourth-order valence-corrected chi connectivity index (χ4v) is 3.06. The molecule has 2 aromatic heterocycles. The Bertz CT molecular complexity index is 517. The summed E-state index contributed by atoms with van der Waals surface area (Å²) in [7, 11) is -1.21. The van der Waals surface area contributed by atoms with Gasteiger partial charge in [-0.05, 0) is 11.4 Å². The number of carboxylic acid groups (broad SMARTS) is 1. The molecule has 0 aliphatic rings. The van der Waals surface area contributed by atoms with Crippen molar-refractivity contribution in [2.45, 2.75) is 9.96 Å². The number of carbonyl (C=O) groups is 1. The van der Waals surface area contributed by atoms with Crippen molar-refractivity contribution in [3.05, 3.63) is 35.0 Å². The minimum atomic E-state index is -1.21. The maximum atomic E-state index is 11.7. The Morgan fingerprint density at radius 1 is 1.62 bits per heavy atom. The monoisotopic (exact) mass is 257 g/mol. The van der Waals surface area contributed by atoms with Crippen LogP contribution in [-0.2, 0) is 16.6 Å². The Kier molecular flexibility index (Phi) is 3.16. The first kappa shape index (κ1) is 11.0. The van der Waals surface area contributed by atoms with Crippen LogP contribution in [0.3, 0.4) is 0 Å². The molecule has 2 aromatic rings. The number of thiophene rings is 1. The number of carboxylic acids is 1. The summed E-state index contributed by atoms with van der Waals surface area (Å²) in [6.45, 7) is 0. The molecule has 16 heavy (non-hydrogen) atoms. The molecule has 5 nitrogen and oxygen atoms in total. The SMILES string of the molecule is O=C(O)c1cc(CS(=O)c2cccs2)on1. The molecule has 1 unspecified atom stereocenters. The molecule has 0 spiro atoms. The zero-order valence-electron chi connectivity index (χ0n) is 7.95. The largest absolute Gasteiger partial charge is 0.476 e. The van der Waals surface area contributed by atoms with Crippen LogP contribution in [0, 0.1) is 0 Å². The van der Waals surface area contributed by atoms with Crippen LogP contribution in [0.4, 0.5) is 0 Å². The van der Waals surface area contributed by atoms with Crippen LogP contribution < -0.4 is 0 Å². The fraction of sp³-hybridized carbons (Fsp3) is 0.111. The van der Waals surface area contributed by atoms with Gasteiger partial charge in [0.05, 0.1) is 20.8 Å². The van der Waals surface area contributed by atoms with Crippen LogP contribution in [0.1, 0.15) is 16.2 Å². The number of hydrogen-bond acceptors (Lipinski definition) is 5. The normalized spacial score (nSPS) is 12.5. The third kappa shape index (κ3) is 2.37. The summed E-state index contributed by atoms with van der Waals surface area (Å²) in [5.41, 5.74) is -0.168. The van der Waals surface area contributed by atoms with Crippen LogP contribution in [-0.4, -0.2) is 20.4 Å². The smallest absolute Gasteiger partial charge is 0.358 e. The zero-order valence-corrected chi connectivity index (χ0v) is 9.59. The summed E-state index contributed by atoms with van der Waals surface area (Å²) in [4.78, 5) is 10.5. The van der Waals surface area contributed by atoms with Crippen LogP contribution in [0.2, 0.25) is 0 Å². The van der Waals surface area contributed by atoms with E-state index in [1.54, 1.807) is 12.1 Å². The van der Waals surface area contributed by atoms with Gasteiger partial charge in [0.1, 0.15) is 0 Å². The Labute approximate surface area is 97.2 Å². The quantitative estimate of drug-likeness (QED) is 0.902. The molecule has 7 heteroatoms. The van der Waals surface area contributed by atoms with Gasteiger partial charge in [-0.25, -0.2) is 4.79 Å². The van der Waals surface area contributed by atoms with Crippen molar-refractivity contribution in [3.8, 4) is 0 Å². The van der Waals surface area contributed by atoms with Crippen LogP contribution >= 0.6 is 11.3 Å². The first-order valence-corrected chi connectivity index (χ1v) is 6.47. The third-order valence-corrected chi connectivity index (χ3v) is 4.41. The molecule has 0 bridgehead atoms. The fourth-order valence-electron chi connectivity index (χ4n) is 1.08. The van der Waals surface area contributed by atoms with Gasteiger partial charge in [-0.1, -0.05) is 11.2 Å². The molecule has 84 valence electrons. The van der Waals surface area contributed by atoms with Crippen LogP contribution in [0.25, 0.3) is 0 Å². The van der Waals surface area contributed by atoms with E-state index in [4.69, 9.17) is 9.63 Å². The maximum absolute atomic E-state index is 11.7. The topological polar surface area (TPSA) is 80.4 Å². The average Bonchev–Trinajstić information content (AvgIpc) is 2.87. The van der Waals surface area contributed by atoms with Gasteiger partial charge >= 0.3 is 5.97 Å². The second-order valence-electron chi connectivity index (χ2n) is 2.91. The molecule has 0 saturated heterocycles. The molecule has 1 N–H and O–H groups in total. The highest BCUT2D eigenvalue weighted by atomic mass is 32.2. The van der Waals surface area contributed by atoms with Gasteiger partial charge in [0.15, 0.2) is 11.5 Å². The summed E-state index contributed by atoms with van der Waals surface area (Å²) in [6.07, 6.45) is 0. The van der Waals surface area contributed by atoms with E-state index in [-0.39, 0.29) is 11.4 Å². The van der Waals surface area contributed by atoms with Crippen molar-refractivity contribution in [3.63, 3.8) is 0 Å². The summed E-state index contributed by atoms with van der Waals surface area (Å²) in [5, 5.41) is 13.8. The first-order valence-electron chi connectivity index (χ1n) is 4.27. The first-order chi connectivity index (χ1) is 7.66. The van der Waals surface area contributed by atoms with E-state index in [0.717, 1.165) is 4.21 Å². The molecule has 0 aliphatic heterocycles. The third-order valence-electron chi connectivity index (χ3n) is 1.77. The number of hydrogen-bond donors (Lipinski definition) is 1. The standard InChI is InChI=1S/C9H7NO4S2/c11-9(12)7-4-6(14-10-7)5-16(13)8-2-1-3-15-8/h1-4H,5H2,(H,11,12). The van der Waals surface area contributed by atoms with Crippen molar-refractivity contribution >= 4 is 28.1 Å². The van der Waals surface area contributed by atoms with E-state index < -0.39 is 16.8 Å². The Morgan fingerprint density at radius 3 is 3.00 bits per heavy atom. The second-order valence-corrected chi connectivity index (χ2v) is 5.53. The highest BCUT2D eigenvalue weighted by Gasteiger charge is 2.14. The molecule has 1 atom stereocenters.